The maximum absolute atomic E-state index is 14.0. The average molecular weight is 269 g/mol. The average Bonchev–Trinajstić information content (AvgIpc) is 2.64. The summed E-state index contributed by atoms with van der Waals surface area (Å²) in [7, 11) is 0. The van der Waals surface area contributed by atoms with E-state index in [1.54, 1.807) is 18.2 Å². The third kappa shape index (κ3) is 2.91. The van der Waals surface area contributed by atoms with Crippen LogP contribution in [0, 0.1) is 5.82 Å². The highest BCUT2D eigenvalue weighted by Crippen LogP contribution is 2.31. The molecule has 0 saturated carbocycles. The van der Waals surface area contributed by atoms with Crippen LogP contribution in [0.4, 0.5) is 4.39 Å². The van der Waals surface area contributed by atoms with Gasteiger partial charge in [-0.1, -0.05) is 41.8 Å². The maximum atomic E-state index is 14.0. The molecule has 0 radical (unpaired) electrons. The van der Waals surface area contributed by atoms with Gasteiger partial charge in [0.1, 0.15) is 5.82 Å². The van der Waals surface area contributed by atoms with Crippen LogP contribution in [0.3, 0.4) is 0 Å². The fraction of sp³-hybridized carbons (Fsp3) is 0.429. The predicted molar refractivity (Wildman–Crippen MR) is 72.6 cm³/mol. The van der Waals surface area contributed by atoms with Gasteiger partial charge in [-0.3, -0.25) is 5.84 Å². The fourth-order valence-corrected chi connectivity index (χ4v) is 2.62. The summed E-state index contributed by atoms with van der Waals surface area (Å²) in [4.78, 5) is 0. The zero-order valence-corrected chi connectivity index (χ0v) is 11.0. The number of hydrogen-bond acceptors (Lipinski definition) is 2. The number of halogens is 2. The Labute approximate surface area is 112 Å². The molecule has 3 N–H and O–H groups in total. The lowest BCUT2D eigenvalue weighted by molar-refractivity contribution is 0.542. The van der Waals surface area contributed by atoms with Crippen molar-refractivity contribution in [3.8, 4) is 0 Å². The summed E-state index contributed by atoms with van der Waals surface area (Å²) in [5, 5.41) is 0.141. The molecular formula is C14H18ClFN2. The van der Waals surface area contributed by atoms with E-state index in [-0.39, 0.29) is 16.9 Å². The Morgan fingerprint density at radius 2 is 2.11 bits per heavy atom. The summed E-state index contributed by atoms with van der Waals surface area (Å²) in [6.45, 7) is 0. The Kier molecular flexibility index (Phi) is 4.75. The largest absolute Gasteiger partial charge is 0.271 e. The van der Waals surface area contributed by atoms with Crippen LogP contribution < -0.4 is 11.3 Å². The first kappa shape index (κ1) is 13.5. The molecule has 4 heteroatoms. The molecule has 0 amide bonds. The van der Waals surface area contributed by atoms with Gasteiger partial charge >= 0.3 is 0 Å². The summed E-state index contributed by atoms with van der Waals surface area (Å²) >= 11 is 5.82. The summed E-state index contributed by atoms with van der Waals surface area (Å²) in [6, 6.07) is 4.76. The van der Waals surface area contributed by atoms with Crippen LogP contribution in [0.25, 0.3) is 0 Å². The summed E-state index contributed by atoms with van der Waals surface area (Å²) in [6.07, 6.45) is 7.72. The second-order valence-corrected chi connectivity index (χ2v) is 5.03. The second kappa shape index (κ2) is 6.32. The van der Waals surface area contributed by atoms with E-state index in [9.17, 15) is 4.39 Å². The molecule has 0 aromatic heterocycles. The van der Waals surface area contributed by atoms with Crippen molar-refractivity contribution in [2.45, 2.75) is 38.1 Å². The molecule has 0 spiro atoms. The van der Waals surface area contributed by atoms with Crippen LogP contribution in [-0.2, 0) is 0 Å². The molecule has 1 unspecified atom stereocenters. The number of nitrogens with one attached hydrogen (secondary N) is 1. The van der Waals surface area contributed by atoms with Gasteiger partial charge in [0.15, 0.2) is 0 Å². The SMILES string of the molecule is NNC(C1=CCCCCC1)c1cccc(Cl)c1F. The van der Waals surface area contributed by atoms with Crippen molar-refractivity contribution in [1.29, 1.82) is 0 Å². The summed E-state index contributed by atoms with van der Waals surface area (Å²) in [5.74, 6) is 5.22. The molecule has 2 nitrogen and oxygen atoms in total. The first-order valence-corrected chi connectivity index (χ1v) is 6.71. The molecule has 1 aromatic carbocycles. The van der Waals surface area contributed by atoms with E-state index in [1.165, 1.54) is 12.8 Å². The van der Waals surface area contributed by atoms with Crippen LogP contribution in [-0.4, -0.2) is 0 Å². The minimum absolute atomic E-state index is 0.141. The van der Waals surface area contributed by atoms with E-state index in [0.29, 0.717) is 5.56 Å². The van der Waals surface area contributed by atoms with E-state index >= 15 is 0 Å². The van der Waals surface area contributed by atoms with Gasteiger partial charge in [0.25, 0.3) is 0 Å². The lowest BCUT2D eigenvalue weighted by atomic mass is 9.95. The monoisotopic (exact) mass is 268 g/mol. The topological polar surface area (TPSA) is 38.0 Å². The minimum atomic E-state index is -0.382. The number of hydrogen-bond donors (Lipinski definition) is 2. The smallest absolute Gasteiger partial charge is 0.146 e. The Hall–Kier alpha value is -0.900. The van der Waals surface area contributed by atoms with Crippen molar-refractivity contribution in [2.24, 2.45) is 5.84 Å². The van der Waals surface area contributed by atoms with E-state index in [0.717, 1.165) is 24.8 Å². The van der Waals surface area contributed by atoms with Gasteiger partial charge in [-0.15, -0.1) is 0 Å². The Bertz CT molecular complexity index is 445. The second-order valence-electron chi connectivity index (χ2n) is 4.62. The highest BCUT2D eigenvalue weighted by molar-refractivity contribution is 6.30. The van der Waals surface area contributed by atoms with E-state index in [1.807, 2.05) is 0 Å². The molecule has 0 bridgehead atoms. The van der Waals surface area contributed by atoms with Crippen LogP contribution in [0.2, 0.25) is 5.02 Å². The van der Waals surface area contributed by atoms with Gasteiger partial charge in [0.05, 0.1) is 11.1 Å². The number of allylic oxidation sites excluding steroid dienone is 1. The Balaban J connectivity index is 2.32. The van der Waals surface area contributed by atoms with Gasteiger partial charge < -0.3 is 0 Å². The van der Waals surface area contributed by atoms with Crippen LogP contribution in [0.5, 0.6) is 0 Å². The van der Waals surface area contributed by atoms with Gasteiger partial charge in [0, 0.05) is 5.56 Å². The molecule has 2 rings (SSSR count). The van der Waals surface area contributed by atoms with Crippen molar-refractivity contribution >= 4 is 11.6 Å². The Morgan fingerprint density at radius 3 is 2.89 bits per heavy atom. The molecule has 0 saturated heterocycles. The first-order chi connectivity index (χ1) is 8.74. The van der Waals surface area contributed by atoms with Gasteiger partial charge in [0.2, 0.25) is 0 Å². The molecule has 1 aliphatic carbocycles. The summed E-state index contributed by atoms with van der Waals surface area (Å²) < 4.78 is 14.0. The van der Waals surface area contributed by atoms with Crippen molar-refractivity contribution in [3.05, 3.63) is 46.3 Å². The molecule has 0 aliphatic heterocycles. The van der Waals surface area contributed by atoms with Gasteiger partial charge in [-0.2, -0.15) is 0 Å². The van der Waals surface area contributed by atoms with Crippen molar-refractivity contribution in [3.63, 3.8) is 0 Å². The molecule has 0 heterocycles. The lowest BCUT2D eigenvalue weighted by Crippen LogP contribution is -2.30. The number of hydrazine groups is 1. The first-order valence-electron chi connectivity index (χ1n) is 6.33. The van der Waals surface area contributed by atoms with Crippen molar-refractivity contribution in [2.75, 3.05) is 0 Å². The standard InChI is InChI=1S/C14H18ClFN2/c15-12-9-5-8-11(13(12)16)14(18-17)10-6-3-1-2-4-7-10/h5-6,8-9,14,18H,1-4,7,17H2. The third-order valence-electron chi connectivity index (χ3n) is 3.41. The van der Waals surface area contributed by atoms with Crippen LogP contribution in [0.15, 0.2) is 29.8 Å². The molecular weight excluding hydrogens is 251 g/mol. The quantitative estimate of drug-likeness (QED) is 0.496. The zero-order chi connectivity index (χ0) is 13.0. The molecule has 98 valence electrons. The molecule has 1 aliphatic rings. The molecule has 1 atom stereocenters. The van der Waals surface area contributed by atoms with E-state index in [4.69, 9.17) is 17.4 Å². The van der Waals surface area contributed by atoms with Gasteiger partial charge in [-0.05, 0) is 31.7 Å². The Morgan fingerprint density at radius 1 is 1.28 bits per heavy atom. The number of benzene rings is 1. The lowest BCUT2D eigenvalue weighted by Gasteiger charge is -2.20. The van der Waals surface area contributed by atoms with E-state index in [2.05, 4.69) is 11.5 Å². The number of nitrogens with two attached hydrogens (primary N) is 1. The molecule has 18 heavy (non-hydrogen) atoms. The number of rotatable bonds is 3. The molecule has 0 fully saturated rings. The van der Waals surface area contributed by atoms with Gasteiger partial charge in [-0.25, -0.2) is 9.82 Å². The zero-order valence-electron chi connectivity index (χ0n) is 10.3. The molecule has 1 aromatic rings. The minimum Gasteiger partial charge on any atom is -0.271 e. The summed E-state index contributed by atoms with van der Waals surface area (Å²) in [5.41, 5.74) is 4.41. The van der Waals surface area contributed by atoms with Crippen molar-refractivity contribution < 1.29 is 4.39 Å². The van der Waals surface area contributed by atoms with E-state index < -0.39 is 0 Å². The predicted octanol–water partition coefficient (Wildman–Crippen LogP) is 3.87. The highest BCUT2D eigenvalue weighted by Gasteiger charge is 2.20. The van der Waals surface area contributed by atoms with Crippen LogP contribution >= 0.6 is 11.6 Å². The third-order valence-corrected chi connectivity index (χ3v) is 3.70. The maximum Gasteiger partial charge on any atom is 0.146 e. The highest BCUT2D eigenvalue weighted by atomic mass is 35.5. The normalized spacial score (nSPS) is 18.1. The van der Waals surface area contributed by atoms with Crippen molar-refractivity contribution in [1.82, 2.24) is 5.43 Å². The van der Waals surface area contributed by atoms with Crippen LogP contribution in [0.1, 0.15) is 43.7 Å². The fourth-order valence-electron chi connectivity index (χ4n) is 2.44.